The SMILES string of the molecule is COc1ccc(C)cc1/C=C/C(=O)Nc1nnc(SCc2ccc(C#N)cc2)s1. The predicted molar refractivity (Wildman–Crippen MR) is 116 cm³/mol. The Kier molecular flexibility index (Phi) is 7.00. The maximum absolute atomic E-state index is 12.2. The van der Waals surface area contributed by atoms with Gasteiger partial charge in [0.15, 0.2) is 4.34 Å². The average Bonchev–Trinajstić information content (AvgIpc) is 3.18. The van der Waals surface area contributed by atoms with E-state index in [2.05, 4.69) is 21.6 Å². The van der Waals surface area contributed by atoms with Crippen molar-refractivity contribution < 1.29 is 9.53 Å². The van der Waals surface area contributed by atoms with E-state index in [0.717, 1.165) is 21.0 Å². The van der Waals surface area contributed by atoms with Crippen LogP contribution in [-0.4, -0.2) is 23.2 Å². The monoisotopic (exact) mass is 422 g/mol. The van der Waals surface area contributed by atoms with E-state index in [1.165, 1.54) is 29.2 Å². The summed E-state index contributed by atoms with van der Waals surface area (Å²) in [5, 5.41) is 20.1. The van der Waals surface area contributed by atoms with Crippen molar-refractivity contribution in [3.63, 3.8) is 0 Å². The number of aryl methyl sites for hydroxylation is 1. The van der Waals surface area contributed by atoms with Crippen LogP contribution in [0.2, 0.25) is 0 Å². The number of nitrogens with zero attached hydrogens (tertiary/aromatic N) is 3. The van der Waals surface area contributed by atoms with Crippen molar-refractivity contribution in [1.82, 2.24) is 10.2 Å². The van der Waals surface area contributed by atoms with Gasteiger partial charge in [0.2, 0.25) is 11.0 Å². The van der Waals surface area contributed by atoms with Crippen LogP contribution >= 0.6 is 23.1 Å². The van der Waals surface area contributed by atoms with Crippen LogP contribution in [0.4, 0.5) is 5.13 Å². The molecular formula is C21H18N4O2S2. The topological polar surface area (TPSA) is 87.9 Å². The summed E-state index contributed by atoms with van der Waals surface area (Å²) in [7, 11) is 1.60. The minimum atomic E-state index is -0.284. The molecule has 1 amide bonds. The smallest absolute Gasteiger partial charge is 0.250 e. The number of hydrogen-bond acceptors (Lipinski definition) is 7. The summed E-state index contributed by atoms with van der Waals surface area (Å²) >= 11 is 2.85. The summed E-state index contributed by atoms with van der Waals surface area (Å²) in [6.07, 6.45) is 3.16. The normalized spacial score (nSPS) is 10.7. The van der Waals surface area contributed by atoms with Crippen LogP contribution in [-0.2, 0) is 10.5 Å². The summed E-state index contributed by atoms with van der Waals surface area (Å²) in [5.41, 5.74) is 3.64. The maximum Gasteiger partial charge on any atom is 0.250 e. The number of nitriles is 1. The van der Waals surface area contributed by atoms with E-state index in [4.69, 9.17) is 10.00 Å². The van der Waals surface area contributed by atoms with E-state index in [1.54, 1.807) is 25.3 Å². The van der Waals surface area contributed by atoms with Crippen molar-refractivity contribution in [2.45, 2.75) is 17.0 Å². The molecule has 0 saturated heterocycles. The van der Waals surface area contributed by atoms with Crippen LogP contribution in [0.1, 0.15) is 22.3 Å². The number of carbonyl (C=O) groups excluding carboxylic acids is 1. The summed E-state index contributed by atoms with van der Waals surface area (Å²) in [4.78, 5) is 12.2. The molecule has 0 radical (unpaired) electrons. The molecule has 2 aromatic carbocycles. The second kappa shape index (κ2) is 9.87. The number of carbonyl (C=O) groups is 1. The zero-order valence-electron chi connectivity index (χ0n) is 15.9. The molecule has 0 saturated carbocycles. The van der Waals surface area contributed by atoms with E-state index in [0.29, 0.717) is 22.2 Å². The number of anilines is 1. The molecule has 1 N–H and O–H groups in total. The maximum atomic E-state index is 12.2. The van der Waals surface area contributed by atoms with Gasteiger partial charge in [0.05, 0.1) is 18.7 Å². The first-order valence-corrected chi connectivity index (χ1v) is 10.5. The number of aromatic nitrogens is 2. The van der Waals surface area contributed by atoms with E-state index in [-0.39, 0.29) is 5.91 Å². The lowest BCUT2D eigenvalue weighted by Crippen LogP contribution is -2.07. The highest BCUT2D eigenvalue weighted by Crippen LogP contribution is 2.28. The molecule has 1 aromatic heterocycles. The van der Waals surface area contributed by atoms with Gasteiger partial charge < -0.3 is 4.74 Å². The zero-order chi connectivity index (χ0) is 20.6. The lowest BCUT2D eigenvalue weighted by atomic mass is 10.1. The largest absolute Gasteiger partial charge is 0.496 e. The van der Waals surface area contributed by atoms with E-state index < -0.39 is 0 Å². The van der Waals surface area contributed by atoms with Crippen molar-refractivity contribution in [2.24, 2.45) is 0 Å². The lowest BCUT2D eigenvalue weighted by Gasteiger charge is -2.05. The van der Waals surface area contributed by atoms with Gasteiger partial charge in [0.25, 0.3) is 0 Å². The van der Waals surface area contributed by atoms with Crippen molar-refractivity contribution >= 4 is 40.2 Å². The Morgan fingerprint density at radius 2 is 2.07 bits per heavy atom. The summed E-state index contributed by atoms with van der Waals surface area (Å²) < 4.78 is 6.07. The number of nitrogens with one attached hydrogen (secondary N) is 1. The Balaban J connectivity index is 1.56. The first-order valence-electron chi connectivity index (χ1n) is 8.66. The molecule has 8 heteroatoms. The van der Waals surface area contributed by atoms with Crippen molar-refractivity contribution in [1.29, 1.82) is 5.26 Å². The van der Waals surface area contributed by atoms with Gasteiger partial charge in [-0.2, -0.15) is 5.26 Å². The molecule has 0 unspecified atom stereocenters. The molecular weight excluding hydrogens is 404 g/mol. The number of rotatable bonds is 7. The molecule has 0 aliphatic heterocycles. The number of hydrogen-bond donors (Lipinski definition) is 1. The average molecular weight is 423 g/mol. The fraction of sp³-hybridized carbons (Fsp3) is 0.143. The predicted octanol–water partition coefficient (Wildman–Crippen LogP) is 4.67. The van der Waals surface area contributed by atoms with Crippen LogP contribution in [0.25, 0.3) is 6.08 Å². The van der Waals surface area contributed by atoms with Crippen molar-refractivity contribution in [3.05, 3.63) is 70.8 Å². The van der Waals surface area contributed by atoms with Gasteiger partial charge in [-0.1, -0.05) is 46.9 Å². The Labute approximate surface area is 177 Å². The van der Waals surface area contributed by atoms with Gasteiger partial charge in [-0.25, -0.2) is 0 Å². The van der Waals surface area contributed by atoms with Crippen molar-refractivity contribution in [2.75, 3.05) is 12.4 Å². The van der Waals surface area contributed by atoms with Gasteiger partial charge in [-0.3, -0.25) is 10.1 Å². The third-order valence-corrected chi connectivity index (χ3v) is 5.92. The van der Waals surface area contributed by atoms with Crippen LogP contribution in [0.5, 0.6) is 5.75 Å². The van der Waals surface area contributed by atoms with Crippen LogP contribution < -0.4 is 10.1 Å². The standard InChI is InChI=1S/C21H18N4O2S2/c1-14-3-9-18(27-2)17(11-14)8-10-19(26)23-20-24-25-21(29-20)28-13-16-6-4-15(12-22)5-7-16/h3-11H,13H2,1-2H3,(H,23,24,26)/b10-8+. The number of thioether (sulfide) groups is 1. The molecule has 1 heterocycles. The van der Waals surface area contributed by atoms with Gasteiger partial charge in [0, 0.05) is 17.4 Å². The molecule has 3 aromatic rings. The van der Waals surface area contributed by atoms with Crippen molar-refractivity contribution in [3.8, 4) is 11.8 Å². The first kappa shape index (κ1) is 20.6. The minimum absolute atomic E-state index is 0.284. The molecule has 0 fully saturated rings. The quantitative estimate of drug-likeness (QED) is 0.338. The summed E-state index contributed by atoms with van der Waals surface area (Å²) in [6, 6.07) is 15.3. The van der Waals surface area contributed by atoms with Gasteiger partial charge >= 0.3 is 0 Å². The van der Waals surface area contributed by atoms with E-state index in [1.807, 2.05) is 37.3 Å². The van der Waals surface area contributed by atoms with Gasteiger partial charge in [-0.15, -0.1) is 10.2 Å². The summed E-state index contributed by atoms with van der Waals surface area (Å²) in [5.74, 6) is 1.13. The first-order chi connectivity index (χ1) is 14.1. The minimum Gasteiger partial charge on any atom is -0.496 e. The lowest BCUT2D eigenvalue weighted by molar-refractivity contribution is -0.111. The molecule has 6 nitrogen and oxygen atoms in total. The highest BCUT2D eigenvalue weighted by atomic mass is 32.2. The van der Waals surface area contributed by atoms with E-state index in [9.17, 15) is 4.79 Å². The second-order valence-electron chi connectivity index (χ2n) is 6.04. The Morgan fingerprint density at radius 1 is 1.28 bits per heavy atom. The number of benzene rings is 2. The number of methoxy groups -OCH3 is 1. The van der Waals surface area contributed by atoms with Crippen LogP contribution in [0, 0.1) is 18.3 Å². The molecule has 29 heavy (non-hydrogen) atoms. The van der Waals surface area contributed by atoms with Gasteiger partial charge in [0.1, 0.15) is 5.75 Å². The fourth-order valence-electron chi connectivity index (χ4n) is 2.44. The Bertz CT molecular complexity index is 1070. The van der Waals surface area contributed by atoms with Gasteiger partial charge in [-0.05, 0) is 42.8 Å². The molecule has 0 aliphatic rings. The highest BCUT2D eigenvalue weighted by Gasteiger charge is 2.08. The molecule has 0 bridgehead atoms. The molecule has 0 aliphatic carbocycles. The Hall–Kier alpha value is -3.15. The third kappa shape index (κ3) is 5.91. The van der Waals surface area contributed by atoms with E-state index >= 15 is 0 Å². The molecule has 0 spiro atoms. The molecule has 0 atom stereocenters. The number of amides is 1. The molecule has 146 valence electrons. The Morgan fingerprint density at radius 3 is 2.79 bits per heavy atom. The van der Waals surface area contributed by atoms with Crippen LogP contribution in [0.15, 0.2) is 52.9 Å². The summed E-state index contributed by atoms with van der Waals surface area (Å²) in [6.45, 7) is 1.98. The zero-order valence-corrected chi connectivity index (χ0v) is 17.5. The van der Waals surface area contributed by atoms with Crippen LogP contribution in [0.3, 0.4) is 0 Å². The third-order valence-electron chi connectivity index (χ3n) is 3.88. The number of ether oxygens (including phenoxy) is 1. The highest BCUT2D eigenvalue weighted by molar-refractivity contribution is 8.00. The second-order valence-corrected chi connectivity index (χ2v) is 8.24. The molecule has 3 rings (SSSR count). The fourth-order valence-corrected chi connectivity index (χ4v) is 4.15.